The average Bonchev–Trinajstić information content (AvgIpc) is 2.38. The number of nitrogens with one attached hydrogen (secondary N) is 1. The van der Waals surface area contributed by atoms with Crippen LogP contribution >= 0.6 is 11.6 Å². The maximum absolute atomic E-state index is 11.1. The van der Waals surface area contributed by atoms with Crippen molar-refractivity contribution in [1.29, 1.82) is 0 Å². The quantitative estimate of drug-likeness (QED) is 0.548. The third-order valence-corrected chi connectivity index (χ3v) is 3.23. The van der Waals surface area contributed by atoms with E-state index in [0.717, 1.165) is 11.8 Å². The second-order valence-electron chi connectivity index (χ2n) is 4.24. The zero-order chi connectivity index (χ0) is 14.3. The highest BCUT2D eigenvalue weighted by Gasteiger charge is 2.15. The monoisotopic (exact) mass is 284 g/mol. The van der Waals surface area contributed by atoms with Gasteiger partial charge in [-0.2, -0.15) is 0 Å². The maximum Gasteiger partial charge on any atom is 0.207 e. The van der Waals surface area contributed by atoms with Crippen LogP contribution in [0.2, 0.25) is 5.02 Å². The molecule has 1 unspecified atom stereocenters. The molecule has 19 heavy (non-hydrogen) atoms. The number of likely N-dealkylation sites (N-methyl/N-ethyl adjacent to an activating group) is 1. The standard InChI is InChI=1S/C13H17ClN2O3/c1-16(5-4-15-9-18)11(8-17)6-10-2-3-12(19)7-13(10)14/h2-3,7-9,11,19H,4-6H2,1H3,(H,15,18). The van der Waals surface area contributed by atoms with Gasteiger partial charge in [0.1, 0.15) is 12.0 Å². The molecule has 0 spiro atoms. The van der Waals surface area contributed by atoms with Crippen LogP contribution in [0.4, 0.5) is 0 Å². The Hall–Kier alpha value is -1.59. The fourth-order valence-corrected chi connectivity index (χ4v) is 1.95. The van der Waals surface area contributed by atoms with Gasteiger partial charge in [0.05, 0.1) is 6.04 Å². The lowest BCUT2D eigenvalue weighted by Crippen LogP contribution is -2.39. The van der Waals surface area contributed by atoms with Crippen molar-refractivity contribution in [1.82, 2.24) is 10.2 Å². The van der Waals surface area contributed by atoms with Crippen molar-refractivity contribution < 1.29 is 14.7 Å². The van der Waals surface area contributed by atoms with Crippen LogP contribution in [0.25, 0.3) is 0 Å². The zero-order valence-electron chi connectivity index (χ0n) is 10.7. The van der Waals surface area contributed by atoms with E-state index in [1.807, 2.05) is 4.90 Å². The third-order valence-electron chi connectivity index (χ3n) is 2.88. The Kier molecular flexibility index (Phi) is 6.32. The van der Waals surface area contributed by atoms with Crippen LogP contribution in [-0.2, 0) is 16.0 Å². The van der Waals surface area contributed by atoms with Gasteiger partial charge < -0.3 is 15.2 Å². The molecule has 1 atom stereocenters. The van der Waals surface area contributed by atoms with Crippen LogP contribution in [0.1, 0.15) is 5.56 Å². The first-order valence-electron chi connectivity index (χ1n) is 5.88. The molecule has 0 saturated heterocycles. The Morgan fingerprint density at radius 3 is 2.79 bits per heavy atom. The van der Waals surface area contributed by atoms with Crippen molar-refractivity contribution in [2.75, 3.05) is 20.1 Å². The van der Waals surface area contributed by atoms with E-state index in [-0.39, 0.29) is 11.8 Å². The first-order chi connectivity index (χ1) is 9.08. The Morgan fingerprint density at radius 1 is 1.47 bits per heavy atom. The van der Waals surface area contributed by atoms with Crippen LogP contribution in [0.15, 0.2) is 18.2 Å². The number of amides is 1. The first-order valence-corrected chi connectivity index (χ1v) is 6.26. The van der Waals surface area contributed by atoms with Gasteiger partial charge in [-0.25, -0.2) is 0 Å². The van der Waals surface area contributed by atoms with E-state index in [2.05, 4.69) is 5.32 Å². The van der Waals surface area contributed by atoms with E-state index in [0.29, 0.717) is 30.9 Å². The minimum Gasteiger partial charge on any atom is -0.508 e. The number of carbonyl (C=O) groups is 2. The number of nitrogens with zero attached hydrogens (tertiary/aromatic N) is 1. The molecule has 104 valence electrons. The summed E-state index contributed by atoms with van der Waals surface area (Å²) in [6.07, 6.45) is 1.94. The largest absolute Gasteiger partial charge is 0.508 e. The average molecular weight is 285 g/mol. The minimum absolute atomic E-state index is 0.0972. The van der Waals surface area contributed by atoms with Gasteiger partial charge in [0.15, 0.2) is 0 Å². The molecule has 1 aromatic carbocycles. The summed E-state index contributed by atoms with van der Waals surface area (Å²) >= 11 is 6.01. The molecule has 0 saturated carbocycles. The Labute approximate surface area is 117 Å². The summed E-state index contributed by atoms with van der Waals surface area (Å²) in [4.78, 5) is 23.1. The molecule has 0 aromatic heterocycles. The zero-order valence-corrected chi connectivity index (χ0v) is 11.4. The molecular weight excluding hydrogens is 268 g/mol. The number of phenolic OH excluding ortho intramolecular Hbond substituents is 1. The van der Waals surface area contributed by atoms with Crippen molar-refractivity contribution in [3.63, 3.8) is 0 Å². The molecule has 0 heterocycles. The number of hydrogen-bond donors (Lipinski definition) is 2. The van der Waals surface area contributed by atoms with E-state index in [1.165, 1.54) is 12.1 Å². The number of halogens is 1. The number of benzene rings is 1. The van der Waals surface area contributed by atoms with Gasteiger partial charge in [0.25, 0.3) is 0 Å². The summed E-state index contributed by atoms with van der Waals surface area (Å²) in [6, 6.07) is 4.37. The van der Waals surface area contributed by atoms with E-state index < -0.39 is 0 Å². The molecule has 0 aliphatic rings. The van der Waals surface area contributed by atoms with Crippen LogP contribution < -0.4 is 5.32 Å². The summed E-state index contributed by atoms with van der Waals surface area (Å²) in [5.41, 5.74) is 0.798. The number of carbonyl (C=O) groups excluding carboxylic acids is 2. The smallest absolute Gasteiger partial charge is 0.207 e. The fraction of sp³-hybridized carbons (Fsp3) is 0.385. The highest BCUT2D eigenvalue weighted by atomic mass is 35.5. The van der Waals surface area contributed by atoms with Crippen molar-refractivity contribution in [3.8, 4) is 5.75 Å². The van der Waals surface area contributed by atoms with Gasteiger partial charge >= 0.3 is 0 Å². The van der Waals surface area contributed by atoms with Crippen molar-refractivity contribution in [2.45, 2.75) is 12.5 Å². The number of aldehydes is 1. The Bertz CT molecular complexity index is 440. The minimum atomic E-state index is -0.324. The lowest BCUT2D eigenvalue weighted by Gasteiger charge is -2.23. The summed E-state index contributed by atoms with van der Waals surface area (Å²) in [6.45, 7) is 1.05. The van der Waals surface area contributed by atoms with Crippen molar-refractivity contribution in [3.05, 3.63) is 28.8 Å². The topological polar surface area (TPSA) is 69.6 Å². The maximum atomic E-state index is 11.1. The lowest BCUT2D eigenvalue weighted by molar-refractivity contribution is -0.112. The van der Waals surface area contributed by atoms with Gasteiger partial charge in [-0.1, -0.05) is 17.7 Å². The van der Waals surface area contributed by atoms with Gasteiger partial charge in [-0.15, -0.1) is 0 Å². The van der Waals surface area contributed by atoms with E-state index in [4.69, 9.17) is 11.6 Å². The van der Waals surface area contributed by atoms with Crippen molar-refractivity contribution >= 4 is 24.3 Å². The normalized spacial score (nSPS) is 12.2. The Balaban J connectivity index is 2.65. The fourth-order valence-electron chi connectivity index (χ4n) is 1.70. The molecule has 0 aliphatic heterocycles. The summed E-state index contributed by atoms with van der Waals surface area (Å²) in [7, 11) is 1.81. The van der Waals surface area contributed by atoms with E-state index >= 15 is 0 Å². The van der Waals surface area contributed by atoms with Gasteiger partial charge in [-0.3, -0.25) is 9.69 Å². The SMILES string of the molecule is CN(CCNC=O)C(C=O)Cc1ccc(O)cc1Cl. The molecule has 0 aliphatic carbocycles. The molecule has 0 bridgehead atoms. The molecule has 5 nitrogen and oxygen atoms in total. The van der Waals surface area contributed by atoms with Gasteiger partial charge in [0, 0.05) is 18.1 Å². The molecule has 0 radical (unpaired) electrons. The molecular formula is C13H17ClN2O3. The number of hydrogen-bond acceptors (Lipinski definition) is 4. The molecule has 1 amide bonds. The van der Waals surface area contributed by atoms with Gasteiger partial charge in [0.2, 0.25) is 6.41 Å². The third kappa shape index (κ3) is 4.89. The molecule has 1 aromatic rings. The highest BCUT2D eigenvalue weighted by Crippen LogP contribution is 2.23. The van der Waals surface area contributed by atoms with Gasteiger partial charge in [-0.05, 0) is 31.2 Å². The van der Waals surface area contributed by atoms with Crippen LogP contribution in [-0.4, -0.2) is 48.9 Å². The second-order valence-corrected chi connectivity index (χ2v) is 4.64. The Morgan fingerprint density at radius 2 is 2.21 bits per heavy atom. The predicted octanol–water partition coefficient (Wildman–Crippen LogP) is 0.833. The summed E-state index contributed by atoms with van der Waals surface area (Å²) in [5.74, 6) is 0.0972. The first kappa shape index (κ1) is 15.5. The number of aromatic hydroxyl groups is 1. The van der Waals surface area contributed by atoms with E-state index in [1.54, 1.807) is 13.1 Å². The molecule has 6 heteroatoms. The number of phenols is 1. The molecule has 2 N–H and O–H groups in total. The number of rotatable bonds is 8. The van der Waals surface area contributed by atoms with Crippen LogP contribution in [0, 0.1) is 0 Å². The summed E-state index contributed by atoms with van der Waals surface area (Å²) in [5, 5.41) is 12.3. The molecule has 1 rings (SSSR count). The van der Waals surface area contributed by atoms with Crippen molar-refractivity contribution in [2.24, 2.45) is 0 Å². The van der Waals surface area contributed by atoms with Crippen LogP contribution in [0.3, 0.4) is 0 Å². The van der Waals surface area contributed by atoms with Crippen LogP contribution in [0.5, 0.6) is 5.75 Å². The highest BCUT2D eigenvalue weighted by molar-refractivity contribution is 6.31. The molecule has 0 fully saturated rings. The predicted molar refractivity (Wildman–Crippen MR) is 73.4 cm³/mol. The van der Waals surface area contributed by atoms with E-state index in [9.17, 15) is 14.7 Å². The second kappa shape index (κ2) is 7.76. The summed E-state index contributed by atoms with van der Waals surface area (Å²) < 4.78 is 0. The lowest BCUT2D eigenvalue weighted by atomic mass is 10.1.